The molecule has 3 aromatic carbocycles. The molecule has 0 saturated heterocycles. The first-order valence-electron chi connectivity index (χ1n) is 28.2. The zero-order chi connectivity index (χ0) is 62.5. The molecule has 0 aliphatic heterocycles. The second-order valence-electron chi connectivity index (χ2n) is 23.4. The third kappa shape index (κ3) is 22.9. The van der Waals surface area contributed by atoms with Crippen LogP contribution in [0.4, 0.5) is 14.4 Å². The zero-order valence-electron chi connectivity index (χ0n) is 51.7. The molecule has 0 fully saturated rings. The van der Waals surface area contributed by atoms with Gasteiger partial charge in [0.2, 0.25) is 0 Å². The highest BCUT2D eigenvalue weighted by Gasteiger charge is 2.41. The Hall–Kier alpha value is -7.71. The summed E-state index contributed by atoms with van der Waals surface area (Å²) in [6.07, 6.45) is -8.94. The van der Waals surface area contributed by atoms with Crippen LogP contribution >= 0.6 is 0 Å². The Kier molecular flexibility index (Phi) is 27.5. The van der Waals surface area contributed by atoms with E-state index in [0.29, 0.717) is 11.1 Å². The molecule has 3 rings (SSSR count). The Morgan fingerprint density at radius 2 is 0.819 bits per heavy atom. The molecule has 0 aromatic heterocycles. The Morgan fingerprint density at radius 1 is 0.422 bits per heavy atom. The van der Waals surface area contributed by atoms with Crippen molar-refractivity contribution in [2.75, 3.05) is 41.3 Å². The monoisotopic (exact) mass is 1160 g/mol. The van der Waals surface area contributed by atoms with Gasteiger partial charge in [0.1, 0.15) is 24.3 Å². The fourth-order valence-corrected chi connectivity index (χ4v) is 8.43. The summed E-state index contributed by atoms with van der Waals surface area (Å²) in [7, 11) is 5.38. The molecule has 6 atom stereocenters. The third-order valence-corrected chi connectivity index (χ3v) is 12.8. The van der Waals surface area contributed by atoms with E-state index in [9.17, 15) is 43.2 Å². The van der Waals surface area contributed by atoms with E-state index in [-0.39, 0.29) is 69.1 Å². The maximum absolute atomic E-state index is 14.7. The number of ether oxygens (including phenoxy) is 6. The summed E-state index contributed by atoms with van der Waals surface area (Å²) >= 11 is 0. The van der Waals surface area contributed by atoms with E-state index in [0.717, 1.165) is 35.4 Å². The number of hydrazine groups is 2. The average molecular weight is 1160 g/mol. The van der Waals surface area contributed by atoms with E-state index in [1.54, 1.807) is 133 Å². The summed E-state index contributed by atoms with van der Waals surface area (Å²) in [6, 6.07) is 24.0. The predicted molar refractivity (Wildman–Crippen MR) is 310 cm³/mol. The summed E-state index contributed by atoms with van der Waals surface area (Å²) in [6.45, 7) is 22.1. The van der Waals surface area contributed by atoms with Crippen molar-refractivity contribution in [1.82, 2.24) is 29.8 Å². The minimum absolute atomic E-state index is 0.0516. The fraction of sp³-hybridized carbons (Fsp3) is 0.565. The van der Waals surface area contributed by atoms with E-state index in [1.165, 1.54) is 42.0 Å². The lowest BCUT2D eigenvalue weighted by atomic mass is 10.0. The van der Waals surface area contributed by atoms with E-state index in [1.807, 2.05) is 33.8 Å². The Morgan fingerprint density at radius 3 is 1.25 bits per heavy atom. The number of hydrogen-bond donors (Lipinski definition) is 0. The fourth-order valence-electron chi connectivity index (χ4n) is 8.43. The van der Waals surface area contributed by atoms with Gasteiger partial charge in [-0.3, -0.25) is 19.3 Å². The van der Waals surface area contributed by atoms with E-state index in [2.05, 4.69) is 0 Å². The molecule has 83 heavy (non-hydrogen) atoms. The minimum Gasteiger partial charge on any atom is -0.458 e. The maximum Gasteiger partial charge on any atom is 0.429 e. The number of rotatable bonds is 26. The largest absolute Gasteiger partial charge is 0.458 e. The highest BCUT2D eigenvalue weighted by molar-refractivity contribution is 5.92. The second-order valence-corrected chi connectivity index (χ2v) is 23.4. The SMILES string of the molecule is CC(C)C[C@@H](C(=O)O[C@H](Cc1ccccc1)C(=O)N(C)[C@@H](CC(C)C)C(=O)O[C@H](C)C(=O)N(C)N(CC(C)C)C(=O)O[C@H](Cc1ccccc1)C(=O)N(C)N(CC(C)C)C(=O)O[C@H](C)C(=O)OCc1ccccc1)N(C)C(=O)OC(C)(C)C. The molecule has 0 aliphatic rings. The lowest BCUT2D eigenvalue weighted by Crippen LogP contribution is -2.56. The van der Waals surface area contributed by atoms with Crippen LogP contribution in [-0.2, 0) is 76.6 Å². The number of esters is 3. The first kappa shape index (κ1) is 69.6. The van der Waals surface area contributed by atoms with Crippen LogP contribution in [0.5, 0.6) is 0 Å². The van der Waals surface area contributed by atoms with Gasteiger partial charge in [-0.15, -0.1) is 0 Å². The third-order valence-electron chi connectivity index (χ3n) is 12.8. The molecule has 0 heterocycles. The van der Waals surface area contributed by atoms with Crippen LogP contribution in [0.1, 0.15) is 120 Å². The van der Waals surface area contributed by atoms with Crippen molar-refractivity contribution in [1.29, 1.82) is 0 Å². The van der Waals surface area contributed by atoms with Crippen LogP contribution in [0.3, 0.4) is 0 Å². The van der Waals surface area contributed by atoms with Crippen molar-refractivity contribution in [3.8, 4) is 0 Å². The summed E-state index contributed by atoms with van der Waals surface area (Å²) < 4.78 is 34.3. The quantitative estimate of drug-likeness (QED) is 0.0415. The van der Waals surface area contributed by atoms with Gasteiger partial charge in [-0.2, -0.15) is 0 Å². The number of amides is 6. The maximum atomic E-state index is 14.7. The van der Waals surface area contributed by atoms with Crippen LogP contribution in [0, 0.1) is 23.7 Å². The Balaban J connectivity index is 1.92. The number of hydrogen-bond acceptors (Lipinski definition) is 15. The number of carbonyl (C=O) groups excluding carboxylic acids is 9. The minimum atomic E-state index is -1.60. The second kappa shape index (κ2) is 32.8. The first-order valence-corrected chi connectivity index (χ1v) is 28.2. The predicted octanol–water partition coefficient (Wildman–Crippen LogP) is 8.91. The van der Waals surface area contributed by atoms with Crippen LogP contribution in [0.2, 0.25) is 0 Å². The topological polar surface area (TPSA) is 228 Å². The molecule has 0 spiro atoms. The number of benzene rings is 3. The van der Waals surface area contributed by atoms with E-state index >= 15 is 0 Å². The molecule has 6 amide bonds. The van der Waals surface area contributed by atoms with E-state index < -0.39 is 96.0 Å². The standard InChI is InChI=1S/C62H90N6O15/c1-40(2)33-49(63(14)54(70)51(35-46-27-21-18-22-28-46)81-58(74)50(34-41(3)4)64(15)59(75)83-62(11,12)13)57(73)79-44(9)53(69)65(16)68(38-43(7)8)61(77)82-52(36-47-29-23-19-24-30-47)55(71)66(17)67(37-42(5)6)60(76)80-45(10)56(72)78-39-48-31-25-20-26-32-48/h18-32,40-45,49-52H,33-39H2,1-17H3/t44-,45-,49+,50+,51-,52-/m1/s1. The average Bonchev–Trinajstić information content (AvgIpc) is 3.64. The molecule has 0 aliphatic carbocycles. The summed E-state index contributed by atoms with van der Waals surface area (Å²) in [5, 5.41) is 3.87. The van der Waals surface area contributed by atoms with Gasteiger partial charge >= 0.3 is 36.2 Å². The van der Waals surface area contributed by atoms with Crippen molar-refractivity contribution >= 4 is 53.9 Å². The zero-order valence-corrected chi connectivity index (χ0v) is 51.7. The van der Waals surface area contributed by atoms with Crippen molar-refractivity contribution in [3.05, 3.63) is 108 Å². The normalized spacial score (nSPS) is 13.6. The van der Waals surface area contributed by atoms with Crippen LogP contribution in [-0.4, -0.2) is 167 Å². The van der Waals surface area contributed by atoms with Gasteiger partial charge in [0, 0.05) is 54.1 Å². The van der Waals surface area contributed by atoms with Gasteiger partial charge < -0.3 is 33.3 Å². The van der Waals surface area contributed by atoms with Gasteiger partial charge in [-0.05, 0) is 87.8 Å². The molecule has 0 N–H and O–H groups in total. The number of carbonyl (C=O) groups is 9. The lowest BCUT2D eigenvalue weighted by Gasteiger charge is -2.37. The van der Waals surface area contributed by atoms with E-state index in [4.69, 9.17) is 28.4 Å². The van der Waals surface area contributed by atoms with Crippen molar-refractivity contribution in [3.63, 3.8) is 0 Å². The molecule has 0 unspecified atom stereocenters. The number of nitrogens with zero attached hydrogens (tertiary/aromatic N) is 6. The van der Waals surface area contributed by atoms with Gasteiger partial charge in [-0.1, -0.05) is 146 Å². The summed E-state index contributed by atoms with van der Waals surface area (Å²) in [5.74, 6) is -5.90. The van der Waals surface area contributed by atoms with Crippen LogP contribution in [0.15, 0.2) is 91.0 Å². The molecule has 3 aromatic rings. The van der Waals surface area contributed by atoms with Gasteiger partial charge in [-0.25, -0.2) is 48.8 Å². The smallest absolute Gasteiger partial charge is 0.429 e. The van der Waals surface area contributed by atoms with Crippen molar-refractivity contribution < 1.29 is 71.6 Å². The summed E-state index contributed by atoms with van der Waals surface area (Å²) in [4.78, 5) is 129. The summed E-state index contributed by atoms with van der Waals surface area (Å²) in [5.41, 5.74) is 1.09. The highest BCUT2D eigenvalue weighted by Crippen LogP contribution is 2.23. The van der Waals surface area contributed by atoms with Gasteiger partial charge in [0.15, 0.2) is 24.4 Å². The molecule has 0 saturated carbocycles. The molecular formula is C62H90N6O15. The lowest BCUT2D eigenvalue weighted by molar-refractivity contribution is -0.174. The number of likely N-dealkylation sites (N-methyl/N-ethyl adjacent to an activating group) is 4. The Bertz CT molecular complexity index is 2590. The molecular weight excluding hydrogens is 1070 g/mol. The van der Waals surface area contributed by atoms with Crippen molar-refractivity contribution in [2.45, 2.75) is 164 Å². The van der Waals surface area contributed by atoms with Gasteiger partial charge in [0.25, 0.3) is 17.7 Å². The van der Waals surface area contributed by atoms with Crippen LogP contribution < -0.4 is 0 Å². The first-order chi connectivity index (χ1) is 38.8. The van der Waals surface area contributed by atoms with Crippen LogP contribution in [0.25, 0.3) is 0 Å². The van der Waals surface area contributed by atoms with Crippen molar-refractivity contribution in [2.24, 2.45) is 23.7 Å². The molecule has 0 radical (unpaired) electrons. The molecule has 21 nitrogen and oxygen atoms in total. The van der Waals surface area contributed by atoms with Gasteiger partial charge in [0.05, 0.1) is 0 Å². The molecule has 0 bridgehead atoms. The molecule has 458 valence electrons. The highest BCUT2D eigenvalue weighted by atomic mass is 16.6. The Labute approximate surface area is 490 Å². The molecule has 21 heteroatoms.